The average Bonchev–Trinajstić information content (AvgIpc) is 2.99. The van der Waals surface area contributed by atoms with E-state index in [0.717, 1.165) is 13.0 Å². The Balaban J connectivity index is 1.53. The van der Waals surface area contributed by atoms with Gasteiger partial charge in [-0.15, -0.1) is 0 Å². The van der Waals surface area contributed by atoms with Crippen molar-refractivity contribution in [1.29, 1.82) is 0 Å². The molecule has 3 amide bonds. The van der Waals surface area contributed by atoms with Gasteiger partial charge in [0, 0.05) is 42.7 Å². The second-order valence-corrected chi connectivity index (χ2v) is 6.38. The molecule has 1 saturated heterocycles. The molecule has 0 aliphatic carbocycles. The largest absolute Gasteiger partial charge is 0.359 e. The molecular weight excluding hydrogens is 344 g/mol. The summed E-state index contributed by atoms with van der Waals surface area (Å²) in [6.45, 7) is 1.86. The normalized spacial score (nSPS) is 14.1. The zero-order valence-corrected chi connectivity index (χ0v) is 14.4. The molecule has 7 nitrogen and oxygen atoms in total. The fraction of sp³-hybridized carbons (Fsp3) is 0.353. The Kier molecular flexibility index (Phi) is 5.23. The van der Waals surface area contributed by atoms with Gasteiger partial charge < -0.3 is 20.5 Å². The summed E-state index contributed by atoms with van der Waals surface area (Å²) in [5.41, 5.74) is 0.504. The number of benzene rings is 1. The minimum Gasteiger partial charge on any atom is -0.359 e. The van der Waals surface area contributed by atoms with Crippen molar-refractivity contribution in [3.63, 3.8) is 0 Å². The third kappa shape index (κ3) is 4.11. The van der Waals surface area contributed by atoms with E-state index in [1.165, 1.54) is 6.20 Å². The number of aromatic amines is 1. The van der Waals surface area contributed by atoms with E-state index in [0.29, 0.717) is 41.9 Å². The van der Waals surface area contributed by atoms with Gasteiger partial charge in [0.25, 0.3) is 0 Å². The Hall–Kier alpha value is -2.54. The van der Waals surface area contributed by atoms with Gasteiger partial charge in [-0.2, -0.15) is 0 Å². The summed E-state index contributed by atoms with van der Waals surface area (Å²) < 4.78 is 0. The summed E-state index contributed by atoms with van der Waals surface area (Å²) in [5, 5.41) is 6.22. The summed E-state index contributed by atoms with van der Waals surface area (Å²) >= 11 is 5.90. The molecule has 2 heterocycles. The second-order valence-electron chi connectivity index (χ2n) is 5.94. The minimum atomic E-state index is -0.452. The van der Waals surface area contributed by atoms with Gasteiger partial charge in [0.05, 0.1) is 5.52 Å². The quantitative estimate of drug-likeness (QED) is 0.712. The molecule has 3 rings (SSSR count). The third-order valence-corrected chi connectivity index (χ3v) is 4.39. The van der Waals surface area contributed by atoms with E-state index < -0.39 is 6.03 Å². The number of hydrogen-bond acceptors (Lipinski definition) is 3. The van der Waals surface area contributed by atoms with E-state index in [1.807, 2.05) is 0 Å². The van der Waals surface area contributed by atoms with Crippen LogP contribution in [0, 0.1) is 0 Å². The molecule has 0 radical (unpaired) electrons. The van der Waals surface area contributed by atoms with Gasteiger partial charge in [-0.05, 0) is 31.0 Å². The minimum absolute atomic E-state index is 0.169. The molecule has 1 aromatic carbocycles. The highest BCUT2D eigenvalue weighted by atomic mass is 35.5. The van der Waals surface area contributed by atoms with Crippen LogP contribution in [0.2, 0.25) is 5.02 Å². The highest BCUT2D eigenvalue weighted by molar-refractivity contribution is 6.31. The van der Waals surface area contributed by atoms with Crippen molar-refractivity contribution in [2.24, 2.45) is 0 Å². The number of likely N-dealkylation sites (tertiary alicyclic amines) is 1. The van der Waals surface area contributed by atoms with Crippen LogP contribution in [0.15, 0.2) is 29.2 Å². The second kappa shape index (κ2) is 7.57. The molecule has 8 heteroatoms. The van der Waals surface area contributed by atoms with Gasteiger partial charge >= 0.3 is 6.03 Å². The highest BCUT2D eigenvalue weighted by Crippen LogP contribution is 2.16. The number of halogens is 1. The lowest BCUT2D eigenvalue weighted by atomic mass is 10.2. The lowest BCUT2D eigenvalue weighted by Gasteiger charge is -2.15. The van der Waals surface area contributed by atoms with Gasteiger partial charge in [0.15, 0.2) is 0 Å². The van der Waals surface area contributed by atoms with E-state index >= 15 is 0 Å². The molecule has 1 aliphatic rings. The summed E-state index contributed by atoms with van der Waals surface area (Å²) in [6, 6.07) is 4.45. The number of urea groups is 1. The van der Waals surface area contributed by atoms with Crippen molar-refractivity contribution in [3.05, 3.63) is 39.6 Å². The maximum Gasteiger partial charge on any atom is 0.319 e. The topological polar surface area (TPSA) is 94.3 Å². The highest BCUT2D eigenvalue weighted by Gasteiger charge is 2.19. The number of rotatable bonds is 5. The maximum absolute atomic E-state index is 12.4. The number of aromatic nitrogens is 1. The molecule has 0 atom stereocenters. The van der Waals surface area contributed by atoms with Crippen molar-refractivity contribution < 1.29 is 9.59 Å². The van der Waals surface area contributed by atoms with Crippen LogP contribution in [0.5, 0.6) is 0 Å². The van der Waals surface area contributed by atoms with Crippen LogP contribution >= 0.6 is 11.6 Å². The van der Waals surface area contributed by atoms with Gasteiger partial charge in [-0.1, -0.05) is 11.6 Å². The fourth-order valence-electron chi connectivity index (χ4n) is 2.87. The number of anilines is 1. The summed E-state index contributed by atoms with van der Waals surface area (Å²) in [7, 11) is 0. The number of H-pyrrole nitrogens is 1. The zero-order valence-electron chi connectivity index (χ0n) is 13.6. The number of carbonyl (C=O) groups excluding carboxylic acids is 2. The Labute approximate surface area is 149 Å². The average molecular weight is 363 g/mol. The first-order valence-corrected chi connectivity index (χ1v) is 8.56. The summed E-state index contributed by atoms with van der Waals surface area (Å²) in [6.07, 6.45) is 3.64. The van der Waals surface area contributed by atoms with Gasteiger partial charge in [0.2, 0.25) is 11.3 Å². The fourth-order valence-corrected chi connectivity index (χ4v) is 3.04. The first-order chi connectivity index (χ1) is 12.0. The van der Waals surface area contributed by atoms with Crippen LogP contribution in [0.4, 0.5) is 10.5 Å². The van der Waals surface area contributed by atoms with E-state index in [1.54, 1.807) is 23.1 Å². The summed E-state index contributed by atoms with van der Waals surface area (Å²) in [5.74, 6) is 0.173. The van der Waals surface area contributed by atoms with Crippen LogP contribution < -0.4 is 16.1 Å². The number of nitrogens with zero attached hydrogens (tertiary/aromatic N) is 1. The molecular formula is C17H19ClN4O3. The molecule has 1 aromatic heterocycles. The Morgan fingerprint density at radius 1 is 1.32 bits per heavy atom. The standard InChI is InChI=1S/C17H19ClN4O3/c18-11-4-5-12-13(9-11)20-10-14(16(12)24)21-17(25)19-6-2-8-22-7-1-3-15(22)23/h4-5,9-10H,1-3,6-8H2,(H,20,24)(H2,19,21,25). The predicted molar refractivity (Wildman–Crippen MR) is 97.0 cm³/mol. The Morgan fingerprint density at radius 3 is 2.92 bits per heavy atom. The molecule has 0 unspecified atom stereocenters. The van der Waals surface area contributed by atoms with Crippen LogP contribution in [-0.2, 0) is 4.79 Å². The molecule has 3 N–H and O–H groups in total. The van der Waals surface area contributed by atoms with E-state index in [-0.39, 0.29) is 17.0 Å². The maximum atomic E-state index is 12.4. The molecule has 132 valence electrons. The SMILES string of the molecule is O=C(NCCCN1CCCC1=O)Nc1c[nH]c2cc(Cl)ccc2c1=O. The number of amides is 3. The van der Waals surface area contributed by atoms with Crippen molar-refractivity contribution in [2.75, 3.05) is 25.0 Å². The predicted octanol–water partition coefficient (Wildman–Crippen LogP) is 2.32. The van der Waals surface area contributed by atoms with Gasteiger partial charge in [0.1, 0.15) is 5.69 Å². The number of fused-ring (bicyclic) bond motifs is 1. The molecule has 2 aromatic rings. The van der Waals surface area contributed by atoms with Crippen LogP contribution in [0.25, 0.3) is 10.9 Å². The lowest BCUT2D eigenvalue weighted by Crippen LogP contribution is -2.34. The van der Waals surface area contributed by atoms with Crippen LogP contribution in [0.3, 0.4) is 0 Å². The van der Waals surface area contributed by atoms with E-state index in [4.69, 9.17) is 11.6 Å². The Morgan fingerprint density at radius 2 is 2.16 bits per heavy atom. The molecule has 0 saturated carbocycles. The van der Waals surface area contributed by atoms with E-state index in [9.17, 15) is 14.4 Å². The first kappa shape index (κ1) is 17.3. The molecule has 1 fully saturated rings. The Bertz CT molecular complexity index is 865. The summed E-state index contributed by atoms with van der Waals surface area (Å²) in [4.78, 5) is 40.5. The molecule has 25 heavy (non-hydrogen) atoms. The third-order valence-electron chi connectivity index (χ3n) is 4.15. The zero-order chi connectivity index (χ0) is 17.8. The molecule has 1 aliphatic heterocycles. The monoisotopic (exact) mass is 362 g/mol. The van der Waals surface area contributed by atoms with Crippen LogP contribution in [-0.4, -0.2) is 41.5 Å². The van der Waals surface area contributed by atoms with Crippen molar-refractivity contribution in [2.45, 2.75) is 19.3 Å². The van der Waals surface area contributed by atoms with Crippen molar-refractivity contribution in [3.8, 4) is 0 Å². The number of hydrogen-bond donors (Lipinski definition) is 3. The van der Waals surface area contributed by atoms with Gasteiger partial charge in [-0.25, -0.2) is 4.79 Å². The smallest absolute Gasteiger partial charge is 0.319 e. The number of nitrogens with one attached hydrogen (secondary N) is 3. The van der Waals surface area contributed by atoms with Crippen molar-refractivity contribution >= 4 is 40.1 Å². The first-order valence-electron chi connectivity index (χ1n) is 8.18. The van der Waals surface area contributed by atoms with Crippen molar-refractivity contribution in [1.82, 2.24) is 15.2 Å². The van der Waals surface area contributed by atoms with E-state index in [2.05, 4.69) is 15.6 Å². The number of carbonyl (C=O) groups is 2. The molecule has 0 bridgehead atoms. The van der Waals surface area contributed by atoms with Gasteiger partial charge in [-0.3, -0.25) is 9.59 Å². The number of pyridine rings is 1. The lowest BCUT2D eigenvalue weighted by molar-refractivity contribution is -0.127. The van der Waals surface area contributed by atoms with Crippen LogP contribution in [0.1, 0.15) is 19.3 Å². The molecule has 0 spiro atoms.